The molecule has 0 amide bonds. The summed E-state index contributed by atoms with van der Waals surface area (Å²) >= 11 is 0. The molecule has 0 aliphatic carbocycles. The van der Waals surface area contributed by atoms with Gasteiger partial charge in [0.1, 0.15) is 0 Å². The van der Waals surface area contributed by atoms with Gasteiger partial charge in [0.05, 0.1) is 11.7 Å². The number of pyridine rings is 1. The Hall–Kier alpha value is -0.890. The van der Waals surface area contributed by atoms with E-state index in [0.717, 1.165) is 0 Å². The highest BCUT2D eigenvalue weighted by molar-refractivity contribution is 5.21. The third kappa shape index (κ3) is 3.06. The van der Waals surface area contributed by atoms with Gasteiger partial charge >= 0.3 is 0 Å². The standard InChI is InChI=1S/C15H24N2/c1-3-4-11-17-12-6-5-9-14(17)15-13(2)8-7-10-16-15/h7-8,10,14H,3-6,9,11-12H2,1-2H3/t14-/m0/s1. The fourth-order valence-corrected chi connectivity index (χ4v) is 2.78. The Morgan fingerprint density at radius 3 is 3.06 bits per heavy atom. The summed E-state index contributed by atoms with van der Waals surface area (Å²) in [6, 6.07) is 4.80. The number of rotatable bonds is 4. The molecule has 0 unspecified atom stereocenters. The van der Waals surface area contributed by atoms with Crippen LogP contribution in [0.4, 0.5) is 0 Å². The third-order valence-corrected chi connectivity index (χ3v) is 3.78. The number of unbranched alkanes of at least 4 members (excludes halogenated alkanes) is 1. The number of piperidine rings is 1. The molecule has 1 atom stereocenters. The van der Waals surface area contributed by atoms with E-state index in [2.05, 4.69) is 29.8 Å². The van der Waals surface area contributed by atoms with Gasteiger partial charge in [-0.05, 0) is 50.9 Å². The van der Waals surface area contributed by atoms with Crippen molar-refractivity contribution < 1.29 is 0 Å². The zero-order chi connectivity index (χ0) is 12.1. The molecular weight excluding hydrogens is 208 g/mol. The molecule has 1 saturated heterocycles. The second kappa shape index (κ2) is 6.15. The molecule has 0 N–H and O–H groups in total. The molecule has 2 heterocycles. The summed E-state index contributed by atoms with van der Waals surface area (Å²) in [6.45, 7) is 6.94. The van der Waals surface area contributed by atoms with Gasteiger partial charge in [0.2, 0.25) is 0 Å². The number of likely N-dealkylation sites (tertiary alicyclic amines) is 1. The van der Waals surface area contributed by atoms with Gasteiger partial charge in [-0.2, -0.15) is 0 Å². The van der Waals surface area contributed by atoms with E-state index >= 15 is 0 Å². The van der Waals surface area contributed by atoms with Crippen LogP contribution in [-0.4, -0.2) is 23.0 Å². The van der Waals surface area contributed by atoms with Crippen molar-refractivity contribution in [2.24, 2.45) is 0 Å². The Morgan fingerprint density at radius 1 is 1.41 bits per heavy atom. The summed E-state index contributed by atoms with van der Waals surface area (Å²) in [5.41, 5.74) is 2.66. The number of hydrogen-bond donors (Lipinski definition) is 0. The van der Waals surface area contributed by atoms with Crippen LogP contribution in [0.1, 0.15) is 56.3 Å². The van der Waals surface area contributed by atoms with Crippen molar-refractivity contribution in [2.75, 3.05) is 13.1 Å². The molecule has 1 fully saturated rings. The number of nitrogens with zero attached hydrogens (tertiary/aromatic N) is 2. The summed E-state index contributed by atoms with van der Waals surface area (Å²) in [6.07, 6.45) is 8.51. The average Bonchev–Trinajstić information content (AvgIpc) is 2.37. The van der Waals surface area contributed by atoms with Crippen molar-refractivity contribution in [3.8, 4) is 0 Å². The van der Waals surface area contributed by atoms with Gasteiger partial charge in [0.25, 0.3) is 0 Å². The minimum absolute atomic E-state index is 0.566. The predicted octanol–water partition coefficient (Wildman–Crippen LogP) is 3.72. The van der Waals surface area contributed by atoms with E-state index in [0.29, 0.717) is 6.04 Å². The van der Waals surface area contributed by atoms with Crippen LogP contribution in [0.2, 0.25) is 0 Å². The van der Waals surface area contributed by atoms with Crippen LogP contribution >= 0.6 is 0 Å². The molecule has 94 valence electrons. The maximum Gasteiger partial charge on any atom is 0.0604 e. The molecule has 1 aromatic heterocycles. The van der Waals surface area contributed by atoms with Crippen LogP contribution < -0.4 is 0 Å². The summed E-state index contributed by atoms with van der Waals surface area (Å²) < 4.78 is 0. The molecule has 0 radical (unpaired) electrons. The van der Waals surface area contributed by atoms with Gasteiger partial charge in [-0.3, -0.25) is 9.88 Å². The molecule has 0 aromatic carbocycles. The SMILES string of the molecule is CCCCN1CCCC[C@H]1c1ncccc1C. The normalized spacial score (nSPS) is 21.6. The zero-order valence-corrected chi connectivity index (χ0v) is 11.2. The molecule has 0 bridgehead atoms. The van der Waals surface area contributed by atoms with Crippen molar-refractivity contribution in [2.45, 2.75) is 52.0 Å². The van der Waals surface area contributed by atoms with E-state index < -0.39 is 0 Å². The van der Waals surface area contributed by atoms with E-state index in [1.165, 1.54) is 56.5 Å². The molecule has 1 aromatic rings. The lowest BCUT2D eigenvalue weighted by Crippen LogP contribution is -2.35. The summed E-state index contributed by atoms with van der Waals surface area (Å²) in [4.78, 5) is 7.26. The Balaban J connectivity index is 2.13. The van der Waals surface area contributed by atoms with Gasteiger partial charge in [-0.25, -0.2) is 0 Å². The third-order valence-electron chi connectivity index (χ3n) is 3.78. The van der Waals surface area contributed by atoms with Crippen molar-refractivity contribution in [1.82, 2.24) is 9.88 Å². The van der Waals surface area contributed by atoms with Crippen LogP contribution in [0.25, 0.3) is 0 Å². The first kappa shape index (κ1) is 12.6. The van der Waals surface area contributed by atoms with Crippen LogP contribution in [0.3, 0.4) is 0 Å². The smallest absolute Gasteiger partial charge is 0.0604 e. The first-order valence-electron chi connectivity index (χ1n) is 6.98. The minimum atomic E-state index is 0.566. The second-order valence-electron chi connectivity index (χ2n) is 5.11. The first-order chi connectivity index (χ1) is 8.33. The highest BCUT2D eigenvalue weighted by Crippen LogP contribution is 2.31. The Morgan fingerprint density at radius 2 is 2.29 bits per heavy atom. The fourth-order valence-electron chi connectivity index (χ4n) is 2.78. The van der Waals surface area contributed by atoms with Crippen molar-refractivity contribution in [3.05, 3.63) is 29.6 Å². The monoisotopic (exact) mass is 232 g/mol. The number of aromatic nitrogens is 1. The quantitative estimate of drug-likeness (QED) is 0.786. The van der Waals surface area contributed by atoms with Crippen molar-refractivity contribution in [3.63, 3.8) is 0 Å². The molecule has 2 nitrogen and oxygen atoms in total. The van der Waals surface area contributed by atoms with E-state index in [-0.39, 0.29) is 0 Å². The Kier molecular flexibility index (Phi) is 4.55. The molecule has 17 heavy (non-hydrogen) atoms. The average molecular weight is 232 g/mol. The van der Waals surface area contributed by atoms with Gasteiger partial charge in [-0.15, -0.1) is 0 Å². The van der Waals surface area contributed by atoms with Gasteiger partial charge < -0.3 is 0 Å². The van der Waals surface area contributed by atoms with Crippen LogP contribution in [-0.2, 0) is 0 Å². The second-order valence-corrected chi connectivity index (χ2v) is 5.11. The lowest BCUT2D eigenvalue weighted by molar-refractivity contribution is 0.143. The Bertz CT molecular complexity index is 349. The van der Waals surface area contributed by atoms with E-state index in [1.54, 1.807) is 0 Å². The van der Waals surface area contributed by atoms with E-state index in [1.807, 2.05) is 12.3 Å². The highest BCUT2D eigenvalue weighted by Gasteiger charge is 2.25. The largest absolute Gasteiger partial charge is 0.295 e. The van der Waals surface area contributed by atoms with Crippen LogP contribution in [0.15, 0.2) is 18.3 Å². The van der Waals surface area contributed by atoms with Crippen LogP contribution in [0.5, 0.6) is 0 Å². The molecule has 0 saturated carbocycles. The predicted molar refractivity (Wildman–Crippen MR) is 72.0 cm³/mol. The van der Waals surface area contributed by atoms with E-state index in [9.17, 15) is 0 Å². The summed E-state index contributed by atoms with van der Waals surface area (Å²) in [5.74, 6) is 0. The number of hydrogen-bond acceptors (Lipinski definition) is 2. The van der Waals surface area contributed by atoms with Crippen molar-refractivity contribution in [1.29, 1.82) is 0 Å². The lowest BCUT2D eigenvalue weighted by atomic mass is 9.96. The van der Waals surface area contributed by atoms with Crippen LogP contribution in [0, 0.1) is 6.92 Å². The minimum Gasteiger partial charge on any atom is -0.295 e. The lowest BCUT2D eigenvalue weighted by Gasteiger charge is -2.36. The molecule has 0 spiro atoms. The van der Waals surface area contributed by atoms with Gasteiger partial charge in [-0.1, -0.05) is 25.8 Å². The Labute approximate surface area is 105 Å². The summed E-state index contributed by atoms with van der Waals surface area (Å²) in [5, 5.41) is 0. The number of aryl methyl sites for hydroxylation is 1. The molecule has 1 aliphatic rings. The topological polar surface area (TPSA) is 16.1 Å². The van der Waals surface area contributed by atoms with Crippen molar-refractivity contribution >= 4 is 0 Å². The summed E-state index contributed by atoms with van der Waals surface area (Å²) in [7, 11) is 0. The molecule has 2 heteroatoms. The van der Waals surface area contributed by atoms with Gasteiger partial charge in [0.15, 0.2) is 0 Å². The van der Waals surface area contributed by atoms with Gasteiger partial charge in [0, 0.05) is 6.20 Å². The molecular formula is C15H24N2. The maximum atomic E-state index is 4.62. The first-order valence-corrected chi connectivity index (χ1v) is 6.98. The molecule has 2 rings (SSSR count). The fraction of sp³-hybridized carbons (Fsp3) is 0.667. The highest BCUT2D eigenvalue weighted by atomic mass is 15.2. The van der Waals surface area contributed by atoms with E-state index in [4.69, 9.17) is 0 Å². The maximum absolute atomic E-state index is 4.62. The zero-order valence-electron chi connectivity index (χ0n) is 11.2. The molecule has 1 aliphatic heterocycles.